The van der Waals surface area contributed by atoms with E-state index in [0.29, 0.717) is 5.92 Å². The van der Waals surface area contributed by atoms with Crippen LogP contribution >= 0.6 is 11.3 Å². The van der Waals surface area contributed by atoms with Crippen molar-refractivity contribution >= 4 is 11.3 Å². The zero-order valence-corrected chi connectivity index (χ0v) is 13.4. The third kappa shape index (κ3) is 4.44. The molecule has 0 N–H and O–H groups in total. The van der Waals surface area contributed by atoms with Gasteiger partial charge in [-0.05, 0) is 35.9 Å². The molecule has 17 heavy (non-hydrogen) atoms. The van der Waals surface area contributed by atoms with E-state index in [0.717, 1.165) is 6.54 Å². The molecule has 0 amide bonds. The molecule has 0 saturated carbocycles. The minimum Gasteiger partial charge on any atom is -0.301 e. The summed E-state index contributed by atoms with van der Waals surface area (Å²) in [6, 6.07) is 0. The van der Waals surface area contributed by atoms with Crippen molar-refractivity contribution in [3.05, 3.63) is 21.4 Å². The van der Waals surface area contributed by atoms with Gasteiger partial charge in [0, 0.05) is 18.0 Å². The Morgan fingerprint density at radius 3 is 2.29 bits per heavy atom. The fourth-order valence-electron chi connectivity index (χ4n) is 1.97. The van der Waals surface area contributed by atoms with Crippen molar-refractivity contribution in [1.29, 1.82) is 0 Å². The topological polar surface area (TPSA) is 3.24 Å². The highest BCUT2D eigenvalue weighted by Crippen LogP contribution is 2.32. The average Bonchev–Trinajstić information content (AvgIpc) is 2.77. The quantitative estimate of drug-likeness (QED) is 0.689. The minimum absolute atomic E-state index is 0.698. The number of nitrogens with zero attached hydrogens (tertiary/aromatic N) is 1. The maximum Gasteiger partial charge on any atom is 0.0327 e. The summed E-state index contributed by atoms with van der Waals surface area (Å²) >= 11 is 1.94. The molecule has 1 nitrogen and oxygen atoms in total. The number of hydrogen-bond acceptors (Lipinski definition) is 2. The van der Waals surface area contributed by atoms with E-state index in [1.165, 1.54) is 13.0 Å². The number of rotatable bonds is 1. The summed E-state index contributed by atoms with van der Waals surface area (Å²) in [5.74, 6) is 0.698. The van der Waals surface area contributed by atoms with Gasteiger partial charge < -0.3 is 4.90 Å². The highest BCUT2D eigenvalue weighted by Gasteiger charge is 2.19. The second-order valence-electron chi connectivity index (χ2n) is 4.24. The standard InChI is InChI=1S/C11H17NS.2C2H6/c1-8(2)10-7-13-11-6-12(3)5-4-9(10)11;2*1-2/h7-8H,4-6H2,1-3H3;2*1-2H3. The van der Waals surface area contributed by atoms with Crippen LogP contribution in [0.15, 0.2) is 5.38 Å². The van der Waals surface area contributed by atoms with Gasteiger partial charge in [-0.3, -0.25) is 0 Å². The van der Waals surface area contributed by atoms with Gasteiger partial charge in [-0.25, -0.2) is 0 Å². The van der Waals surface area contributed by atoms with Crippen LogP contribution in [0.25, 0.3) is 0 Å². The smallest absolute Gasteiger partial charge is 0.0327 e. The molecule has 2 heterocycles. The van der Waals surface area contributed by atoms with Crippen molar-refractivity contribution in [2.45, 2.75) is 60.4 Å². The Balaban J connectivity index is 0.000000581. The van der Waals surface area contributed by atoms with Crippen molar-refractivity contribution in [2.75, 3.05) is 13.6 Å². The molecule has 0 spiro atoms. The average molecular weight is 255 g/mol. The molecule has 0 aromatic carbocycles. The van der Waals surface area contributed by atoms with Crippen LogP contribution in [0.2, 0.25) is 0 Å². The van der Waals surface area contributed by atoms with Gasteiger partial charge in [-0.2, -0.15) is 0 Å². The summed E-state index contributed by atoms with van der Waals surface area (Å²) in [6.45, 7) is 15.0. The van der Waals surface area contributed by atoms with Crippen LogP contribution in [-0.2, 0) is 13.0 Å². The van der Waals surface area contributed by atoms with E-state index in [2.05, 4.69) is 31.2 Å². The molecule has 100 valence electrons. The molecule has 0 fully saturated rings. The minimum atomic E-state index is 0.698. The maximum atomic E-state index is 2.41. The fraction of sp³-hybridized carbons (Fsp3) is 0.733. The zero-order chi connectivity index (χ0) is 13.4. The van der Waals surface area contributed by atoms with Crippen molar-refractivity contribution in [3.8, 4) is 0 Å². The van der Waals surface area contributed by atoms with Gasteiger partial charge in [-0.1, -0.05) is 41.5 Å². The molecule has 0 atom stereocenters. The number of likely N-dealkylation sites (N-methyl/N-ethyl adjacent to an activating group) is 1. The van der Waals surface area contributed by atoms with Gasteiger partial charge >= 0.3 is 0 Å². The van der Waals surface area contributed by atoms with Gasteiger partial charge in [0.15, 0.2) is 0 Å². The first-order valence-electron chi connectivity index (χ1n) is 6.96. The van der Waals surface area contributed by atoms with Gasteiger partial charge in [0.05, 0.1) is 0 Å². The predicted molar refractivity (Wildman–Crippen MR) is 81.1 cm³/mol. The summed E-state index contributed by atoms with van der Waals surface area (Å²) in [5.41, 5.74) is 3.24. The molecule has 2 rings (SSSR count). The van der Waals surface area contributed by atoms with Gasteiger partial charge in [0.1, 0.15) is 0 Å². The van der Waals surface area contributed by atoms with E-state index in [1.807, 2.05) is 39.0 Å². The van der Waals surface area contributed by atoms with Crippen molar-refractivity contribution < 1.29 is 0 Å². The Labute approximate surface area is 112 Å². The largest absolute Gasteiger partial charge is 0.301 e. The molecule has 2 heteroatoms. The molecule has 1 aliphatic heterocycles. The fourth-order valence-corrected chi connectivity index (χ4v) is 3.31. The van der Waals surface area contributed by atoms with E-state index in [-0.39, 0.29) is 0 Å². The normalized spacial score (nSPS) is 14.4. The van der Waals surface area contributed by atoms with E-state index in [1.54, 1.807) is 16.0 Å². The summed E-state index contributed by atoms with van der Waals surface area (Å²) in [6.07, 6.45) is 1.25. The molecule has 1 aliphatic rings. The van der Waals surface area contributed by atoms with E-state index in [4.69, 9.17) is 0 Å². The summed E-state index contributed by atoms with van der Waals surface area (Å²) < 4.78 is 0. The van der Waals surface area contributed by atoms with Crippen LogP contribution in [-0.4, -0.2) is 18.5 Å². The Morgan fingerprint density at radius 1 is 1.18 bits per heavy atom. The molecule has 0 saturated heterocycles. The Morgan fingerprint density at radius 2 is 1.76 bits per heavy atom. The van der Waals surface area contributed by atoms with E-state index >= 15 is 0 Å². The van der Waals surface area contributed by atoms with Gasteiger partial charge in [0.25, 0.3) is 0 Å². The van der Waals surface area contributed by atoms with Crippen LogP contribution in [0.5, 0.6) is 0 Å². The third-order valence-corrected chi connectivity index (χ3v) is 3.82. The monoisotopic (exact) mass is 255 g/mol. The first kappa shape index (κ1) is 16.7. The maximum absolute atomic E-state index is 2.41. The van der Waals surface area contributed by atoms with Crippen LogP contribution in [0.1, 0.15) is 63.5 Å². The molecule has 0 bridgehead atoms. The second kappa shape index (κ2) is 8.71. The van der Waals surface area contributed by atoms with Crippen LogP contribution in [0, 0.1) is 0 Å². The lowest BCUT2D eigenvalue weighted by Crippen LogP contribution is -2.25. The Hall–Kier alpha value is -0.340. The van der Waals surface area contributed by atoms with Gasteiger partial charge in [-0.15, -0.1) is 11.3 Å². The molecular formula is C15H29NS. The highest BCUT2D eigenvalue weighted by atomic mass is 32.1. The van der Waals surface area contributed by atoms with Crippen molar-refractivity contribution in [3.63, 3.8) is 0 Å². The lowest BCUT2D eigenvalue weighted by atomic mass is 9.96. The Kier molecular flexibility index (Phi) is 8.53. The summed E-state index contributed by atoms with van der Waals surface area (Å²) in [5, 5.41) is 2.36. The SMILES string of the molecule is CC.CC.CC(C)c1csc2c1CCN(C)C2. The lowest BCUT2D eigenvalue weighted by molar-refractivity contribution is 0.316. The molecule has 0 unspecified atom stereocenters. The predicted octanol–water partition coefficient (Wildman–Crippen LogP) is 4.91. The number of fused-ring (bicyclic) bond motifs is 1. The second-order valence-corrected chi connectivity index (χ2v) is 5.20. The lowest BCUT2D eigenvalue weighted by Gasteiger charge is -2.23. The molecule has 1 aromatic rings. The summed E-state index contributed by atoms with van der Waals surface area (Å²) in [7, 11) is 2.21. The van der Waals surface area contributed by atoms with Crippen LogP contribution in [0.3, 0.4) is 0 Å². The molecule has 1 aromatic heterocycles. The summed E-state index contributed by atoms with van der Waals surface area (Å²) in [4.78, 5) is 4.00. The first-order chi connectivity index (χ1) is 8.18. The van der Waals surface area contributed by atoms with Gasteiger partial charge in [0.2, 0.25) is 0 Å². The molecular weight excluding hydrogens is 226 g/mol. The van der Waals surface area contributed by atoms with Crippen LogP contribution in [0.4, 0.5) is 0 Å². The van der Waals surface area contributed by atoms with E-state index < -0.39 is 0 Å². The Bertz CT molecular complexity index is 302. The zero-order valence-electron chi connectivity index (χ0n) is 12.6. The van der Waals surface area contributed by atoms with Crippen molar-refractivity contribution in [1.82, 2.24) is 4.90 Å². The highest BCUT2D eigenvalue weighted by molar-refractivity contribution is 7.10. The first-order valence-corrected chi connectivity index (χ1v) is 7.84. The third-order valence-electron chi connectivity index (χ3n) is 2.79. The molecule has 0 aliphatic carbocycles. The van der Waals surface area contributed by atoms with E-state index in [9.17, 15) is 0 Å². The number of hydrogen-bond donors (Lipinski definition) is 0. The van der Waals surface area contributed by atoms with Crippen LogP contribution < -0.4 is 0 Å². The van der Waals surface area contributed by atoms with Crippen molar-refractivity contribution in [2.24, 2.45) is 0 Å². The molecule has 0 radical (unpaired) electrons. The number of thiophene rings is 1.